The summed E-state index contributed by atoms with van der Waals surface area (Å²) >= 11 is 3.30. The zero-order valence-electron chi connectivity index (χ0n) is 12.2. The summed E-state index contributed by atoms with van der Waals surface area (Å²) in [5.41, 5.74) is 0.353. The van der Waals surface area contributed by atoms with Crippen LogP contribution in [0, 0.1) is 11.3 Å². The lowest BCUT2D eigenvalue weighted by molar-refractivity contribution is -0.148. The first-order valence-corrected chi connectivity index (χ1v) is 7.57. The van der Waals surface area contributed by atoms with Gasteiger partial charge in [-0.05, 0) is 35.6 Å². The molecule has 0 aromatic carbocycles. The normalized spacial score (nSPS) is 13.2. The first kappa shape index (κ1) is 17.7. The number of hydrogen-bond acceptors (Lipinski definition) is 2. The summed E-state index contributed by atoms with van der Waals surface area (Å²) in [6.07, 6.45) is 4.82. The van der Waals surface area contributed by atoms with Crippen LogP contribution < -0.4 is 0 Å². The molecule has 0 heterocycles. The van der Waals surface area contributed by atoms with Crippen molar-refractivity contribution in [2.45, 2.75) is 59.8 Å². The number of carbonyl (C=O) groups excluding carboxylic acids is 1. The fraction of sp³-hybridized carbons (Fsp3) is 0.800. The Balaban J connectivity index is 3.73. The fourth-order valence-corrected chi connectivity index (χ4v) is 1.76. The smallest absolute Gasteiger partial charge is 0.308 e. The minimum atomic E-state index is -0.0851. The van der Waals surface area contributed by atoms with Gasteiger partial charge in [0.1, 0.15) is 0 Å². The third kappa shape index (κ3) is 8.73. The molecule has 0 aliphatic rings. The molecule has 106 valence electrons. The molecule has 1 atom stereocenters. The third-order valence-electron chi connectivity index (χ3n) is 3.45. The topological polar surface area (TPSA) is 26.3 Å². The Bertz CT molecular complexity index is 272. The summed E-state index contributed by atoms with van der Waals surface area (Å²) in [7, 11) is 0. The molecular formula is C15H27BrO2. The van der Waals surface area contributed by atoms with Gasteiger partial charge >= 0.3 is 5.97 Å². The quantitative estimate of drug-likeness (QED) is 0.438. The molecule has 0 aliphatic heterocycles. The first-order chi connectivity index (χ1) is 8.28. The summed E-state index contributed by atoms with van der Waals surface area (Å²) in [6, 6.07) is 0. The summed E-state index contributed by atoms with van der Waals surface area (Å²) in [4.78, 5) is 11.7. The third-order valence-corrected chi connectivity index (χ3v) is 3.85. The molecule has 2 nitrogen and oxygen atoms in total. The van der Waals surface area contributed by atoms with E-state index in [0.717, 1.165) is 36.6 Å². The van der Waals surface area contributed by atoms with Crippen molar-refractivity contribution in [1.29, 1.82) is 0 Å². The van der Waals surface area contributed by atoms with Crippen LogP contribution in [0.1, 0.15) is 59.8 Å². The van der Waals surface area contributed by atoms with E-state index in [1.54, 1.807) is 0 Å². The Kier molecular flexibility index (Phi) is 8.58. The van der Waals surface area contributed by atoms with Crippen LogP contribution >= 0.6 is 15.9 Å². The number of rotatable bonds is 9. The van der Waals surface area contributed by atoms with Gasteiger partial charge in [0.05, 0.1) is 12.5 Å². The summed E-state index contributed by atoms with van der Waals surface area (Å²) in [5.74, 6) is -0.128. The van der Waals surface area contributed by atoms with Crippen LogP contribution in [0.15, 0.2) is 11.1 Å². The zero-order chi connectivity index (χ0) is 14.2. The SMILES string of the molecule is C=C(Br)CC[C@H](C)C(=O)OCCCC(C)(C)CC. The molecule has 0 spiro atoms. The highest BCUT2D eigenvalue weighted by Crippen LogP contribution is 2.26. The van der Waals surface area contributed by atoms with Gasteiger partial charge in [-0.3, -0.25) is 4.79 Å². The van der Waals surface area contributed by atoms with Crippen molar-refractivity contribution < 1.29 is 9.53 Å². The van der Waals surface area contributed by atoms with Crippen LogP contribution in [0.3, 0.4) is 0 Å². The molecule has 18 heavy (non-hydrogen) atoms. The van der Waals surface area contributed by atoms with Crippen molar-refractivity contribution in [3.63, 3.8) is 0 Å². The van der Waals surface area contributed by atoms with E-state index in [-0.39, 0.29) is 11.9 Å². The largest absolute Gasteiger partial charge is 0.465 e. The van der Waals surface area contributed by atoms with Crippen LogP contribution in [-0.2, 0) is 9.53 Å². The van der Waals surface area contributed by atoms with Gasteiger partial charge in [0.2, 0.25) is 0 Å². The predicted molar refractivity (Wildman–Crippen MR) is 80.7 cm³/mol. The van der Waals surface area contributed by atoms with Gasteiger partial charge in [-0.25, -0.2) is 0 Å². The average molecular weight is 319 g/mol. The van der Waals surface area contributed by atoms with Crippen molar-refractivity contribution in [3.05, 3.63) is 11.1 Å². The number of hydrogen-bond donors (Lipinski definition) is 0. The van der Waals surface area contributed by atoms with Gasteiger partial charge < -0.3 is 4.74 Å². The molecule has 0 saturated carbocycles. The summed E-state index contributed by atoms with van der Waals surface area (Å²) in [5, 5.41) is 0. The van der Waals surface area contributed by atoms with E-state index in [1.165, 1.54) is 0 Å². The van der Waals surface area contributed by atoms with Gasteiger partial charge in [-0.2, -0.15) is 0 Å². The highest BCUT2D eigenvalue weighted by Gasteiger charge is 2.16. The molecule has 0 N–H and O–H groups in total. The van der Waals surface area contributed by atoms with Crippen LogP contribution in [0.2, 0.25) is 0 Å². The maximum atomic E-state index is 11.7. The van der Waals surface area contributed by atoms with Gasteiger partial charge in [0, 0.05) is 0 Å². The van der Waals surface area contributed by atoms with Crippen molar-refractivity contribution in [2.24, 2.45) is 11.3 Å². The average Bonchev–Trinajstić information content (AvgIpc) is 2.31. The molecule has 0 aliphatic carbocycles. The molecule has 0 rings (SSSR count). The number of halogens is 1. The van der Waals surface area contributed by atoms with Crippen LogP contribution in [0.25, 0.3) is 0 Å². The van der Waals surface area contributed by atoms with Crippen LogP contribution in [-0.4, -0.2) is 12.6 Å². The minimum absolute atomic E-state index is 0.0431. The summed E-state index contributed by atoms with van der Waals surface area (Å²) in [6.45, 7) is 12.9. The lowest BCUT2D eigenvalue weighted by atomic mass is 9.85. The summed E-state index contributed by atoms with van der Waals surface area (Å²) < 4.78 is 6.23. The van der Waals surface area contributed by atoms with E-state index in [1.807, 2.05) is 6.92 Å². The van der Waals surface area contributed by atoms with Gasteiger partial charge in [-0.1, -0.05) is 56.6 Å². The zero-order valence-corrected chi connectivity index (χ0v) is 13.8. The second-order valence-corrected chi connectivity index (χ2v) is 6.87. The van der Waals surface area contributed by atoms with Gasteiger partial charge in [-0.15, -0.1) is 0 Å². The Labute approximate surface area is 120 Å². The Morgan fingerprint density at radius 2 is 2.06 bits per heavy atom. The second kappa shape index (κ2) is 8.73. The van der Waals surface area contributed by atoms with Crippen molar-refractivity contribution in [2.75, 3.05) is 6.61 Å². The monoisotopic (exact) mass is 318 g/mol. The minimum Gasteiger partial charge on any atom is -0.465 e. The Morgan fingerprint density at radius 1 is 1.44 bits per heavy atom. The van der Waals surface area contributed by atoms with E-state index < -0.39 is 0 Å². The van der Waals surface area contributed by atoms with Crippen LogP contribution in [0.5, 0.6) is 0 Å². The lowest BCUT2D eigenvalue weighted by Gasteiger charge is -2.22. The predicted octanol–water partition coefficient (Wildman–Crippen LogP) is 5.07. The Morgan fingerprint density at radius 3 is 2.56 bits per heavy atom. The standard InChI is InChI=1S/C15H27BrO2/c1-6-15(4,5)10-7-11-18-14(17)12(2)8-9-13(3)16/h12H,3,6-11H2,1-2,4-5H3/t12-/m0/s1. The maximum Gasteiger partial charge on any atom is 0.308 e. The molecule has 0 radical (unpaired) electrons. The van der Waals surface area contributed by atoms with Crippen LogP contribution in [0.4, 0.5) is 0 Å². The number of carbonyl (C=O) groups is 1. The first-order valence-electron chi connectivity index (χ1n) is 6.78. The van der Waals surface area contributed by atoms with E-state index in [4.69, 9.17) is 4.74 Å². The van der Waals surface area contributed by atoms with Crippen molar-refractivity contribution in [3.8, 4) is 0 Å². The van der Waals surface area contributed by atoms with Gasteiger partial charge in [0.15, 0.2) is 0 Å². The molecule has 0 bridgehead atoms. The highest BCUT2D eigenvalue weighted by atomic mass is 79.9. The molecule has 3 heteroatoms. The fourth-order valence-electron chi connectivity index (χ4n) is 1.53. The van der Waals surface area contributed by atoms with Crippen molar-refractivity contribution in [1.82, 2.24) is 0 Å². The molecule has 0 aromatic heterocycles. The van der Waals surface area contributed by atoms with Crippen molar-refractivity contribution >= 4 is 21.9 Å². The second-order valence-electron chi connectivity index (χ2n) is 5.75. The lowest BCUT2D eigenvalue weighted by Crippen LogP contribution is -2.17. The van der Waals surface area contributed by atoms with E-state index in [0.29, 0.717) is 12.0 Å². The van der Waals surface area contributed by atoms with E-state index in [9.17, 15) is 4.79 Å². The number of ether oxygens (including phenoxy) is 1. The number of esters is 1. The Hall–Kier alpha value is -0.310. The highest BCUT2D eigenvalue weighted by molar-refractivity contribution is 9.11. The maximum absolute atomic E-state index is 11.7. The van der Waals surface area contributed by atoms with Gasteiger partial charge in [0.25, 0.3) is 0 Å². The van der Waals surface area contributed by atoms with E-state index >= 15 is 0 Å². The molecular weight excluding hydrogens is 292 g/mol. The molecule has 0 fully saturated rings. The molecule has 0 saturated heterocycles. The molecule has 0 amide bonds. The number of allylic oxidation sites excluding steroid dienone is 1. The van der Waals surface area contributed by atoms with E-state index in [2.05, 4.69) is 43.3 Å². The molecule has 0 unspecified atom stereocenters. The molecule has 0 aromatic rings.